The van der Waals surface area contributed by atoms with E-state index in [1.54, 1.807) is 18.3 Å². The number of hydrogen-bond acceptors (Lipinski definition) is 5. The average Bonchev–Trinajstić information content (AvgIpc) is 3.25. The molecule has 0 radical (unpaired) electrons. The molecule has 7 heteroatoms. The van der Waals surface area contributed by atoms with Crippen LogP contribution in [-0.2, 0) is 0 Å². The molecule has 0 bridgehead atoms. The molecular formula is C19H14N2O3S2. The second kappa shape index (κ2) is 6.51. The number of aromatic nitrogens is 2. The Bertz CT molecular complexity index is 1140. The number of fused-ring (bicyclic) bond motifs is 1. The summed E-state index contributed by atoms with van der Waals surface area (Å²) in [6, 6.07) is 13.8. The van der Waals surface area contributed by atoms with Gasteiger partial charge in [0, 0.05) is 4.88 Å². The van der Waals surface area contributed by atoms with E-state index in [0.29, 0.717) is 21.6 Å². The highest BCUT2D eigenvalue weighted by molar-refractivity contribution is 7.20. The van der Waals surface area contributed by atoms with E-state index >= 15 is 0 Å². The molecule has 3 aromatic heterocycles. The number of nitrogens with zero attached hydrogens (tertiary/aromatic N) is 1. The molecule has 0 aliphatic rings. The van der Waals surface area contributed by atoms with Crippen LogP contribution in [-0.4, -0.2) is 21.0 Å². The topological polar surface area (TPSA) is 83.0 Å². The SMILES string of the molecule is Cc1c(C(=O)O)sc2nc(C(c3ccccc3)c3cccs3)[nH]c(=O)c12. The van der Waals surface area contributed by atoms with E-state index in [0.717, 1.165) is 21.8 Å². The molecule has 0 aliphatic carbocycles. The van der Waals surface area contributed by atoms with Crippen molar-refractivity contribution in [1.29, 1.82) is 0 Å². The fraction of sp³-hybridized carbons (Fsp3) is 0.105. The number of aromatic amines is 1. The predicted molar refractivity (Wildman–Crippen MR) is 104 cm³/mol. The van der Waals surface area contributed by atoms with E-state index in [1.807, 2.05) is 47.8 Å². The molecule has 2 N–H and O–H groups in total. The summed E-state index contributed by atoms with van der Waals surface area (Å²) in [5.41, 5.74) is 1.18. The molecular weight excluding hydrogens is 368 g/mol. The van der Waals surface area contributed by atoms with Gasteiger partial charge in [0.25, 0.3) is 5.56 Å². The van der Waals surface area contributed by atoms with Gasteiger partial charge in [-0.3, -0.25) is 4.79 Å². The van der Waals surface area contributed by atoms with Crippen LogP contribution in [0, 0.1) is 6.92 Å². The van der Waals surface area contributed by atoms with Crippen molar-refractivity contribution in [3.8, 4) is 0 Å². The normalized spacial score (nSPS) is 12.3. The molecule has 0 saturated heterocycles. The molecule has 0 saturated carbocycles. The highest BCUT2D eigenvalue weighted by atomic mass is 32.1. The smallest absolute Gasteiger partial charge is 0.346 e. The minimum atomic E-state index is -1.04. The Kier molecular flexibility index (Phi) is 4.18. The van der Waals surface area contributed by atoms with Crippen LogP contribution in [0.3, 0.4) is 0 Å². The number of rotatable bonds is 4. The largest absolute Gasteiger partial charge is 0.477 e. The number of thiophene rings is 2. The lowest BCUT2D eigenvalue weighted by Crippen LogP contribution is -2.15. The Balaban J connectivity index is 1.96. The first-order valence-corrected chi connectivity index (χ1v) is 9.61. The zero-order valence-corrected chi connectivity index (χ0v) is 15.4. The van der Waals surface area contributed by atoms with Crippen molar-refractivity contribution in [2.24, 2.45) is 0 Å². The number of carbonyl (C=O) groups is 1. The lowest BCUT2D eigenvalue weighted by Gasteiger charge is -2.15. The summed E-state index contributed by atoms with van der Waals surface area (Å²) in [7, 11) is 0. The number of benzene rings is 1. The van der Waals surface area contributed by atoms with E-state index in [2.05, 4.69) is 9.97 Å². The van der Waals surface area contributed by atoms with Crippen molar-refractivity contribution in [3.63, 3.8) is 0 Å². The fourth-order valence-corrected chi connectivity index (χ4v) is 4.94. The van der Waals surface area contributed by atoms with Gasteiger partial charge in [0.05, 0.1) is 11.3 Å². The van der Waals surface area contributed by atoms with E-state index in [1.165, 1.54) is 0 Å². The van der Waals surface area contributed by atoms with E-state index in [-0.39, 0.29) is 16.4 Å². The Morgan fingerprint density at radius 2 is 1.96 bits per heavy atom. The van der Waals surface area contributed by atoms with Crippen molar-refractivity contribution in [1.82, 2.24) is 9.97 Å². The van der Waals surface area contributed by atoms with Gasteiger partial charge in [-0.2, -0.15) is 0 Å². The molecule has 5 nitrogen and oxygen atoms in total. The van der Waals surface area contributed by atoms with Gasteiger partial charge in [0.2, 0.25) is 0 Å². The summed E-state index contributed by atoms with van der Waals surface area (Å²) in [4.78, 5) is 33.3. The monoisotopic (exact) mass is 382 g/mol. The molecule has 0 amide bonds. The lowest BCUT2D eigenvalue weighted by molar-refractivity contribution is 0.0701. The Hall–Kier alpha value is -2.77. The van der Waals surface area contributed by atoms with Gasteiger partial charge in [-0.15, -0.1) is 22.7 Å². The first kappa shape index (κ1) is 16.7. The highest BCUT2D eigenvalue weighted by Crippen LogP contribution is 2.34. The van der Waals surface area contributed by atoms with Gasteiger partial charge in [-0.1, -0.05) is 36.4 Å². The van der Waals surface area contributed by atoms with Gasteiger partial charge < -0.3 is 10.1 Å². The third-order valence-electron chi connectivity index (χ3n) is 4.25. The molecule has 3 heterocycles. The number of aryl methyl sites for hydroxylation is 1. The maximum absolute atomic E-state index is 12.7. The average molecular weight is 382 g/mol. The van der Waals surface area contributed by atoms with Crippen LogP contribution < -0.4 is 5.56 Å². The van der Waals surface area contributed by atoms with Gasteiger partial charge in [-0.05, 0) is 29.5 Å². The van der Waals surface area contributed by atoms with E-state index in [9.17, 15) is 14.7 Å². The molecule has 0 fully saturated rings. The van der Waals surface area contributed by atoms with Crippen LogP contribution in [0.1, 0.15) is 37.4 Å². The number of hydrogen-bond donors (Lipinski definition) is 2. The highest BCUT2D eigenvalue weighted by Gasteiger charge is 2.24. The summed E-state index contributed by atoms with van der Waals surface area (Å²) >= 11 is 2.64. The standard InChI is InChI=1S/C19H14N2O3S2/c1-10-13-17(22)20-16(21-18(13)26-15(10)19(23)24)14(12-8-5-9-25-12)11-6-3-2-4-7-11/h2-9,14H,1H3,(H,23,24)(H,20,21,22). The summed E-state index contributed by atoms with van der Waals surface area (Å²) in [5.74, 6) is -0.720. The third-order valence-corrected chi connectivity index (χ3v) is 6.36. The molecule has 1 atom stereocenters. The van der Waals surface area contributed by atoms with Gasteiger partial charge in [0.1, 0.15) is 15.5 Å². The summed E-state index contributed by atoms with van der Waals surface area (Å²) in [6.45, 7) is 1.65. The van der Waals surface area contributed by atoms with Crippen molar-refractivity contribution in [3.05, 3.63) is 84.9 Å². The van der Waals surface area contributed by atoms with E-state index < -0.39 is 5.97 Å². The second-order valence-corrected chi connectivity index (χ2v) is 7.83. The van der Waals surface area contributed by atoms with Crippen molar-refractivity contribution < 1.29 is 9.90 Å². The first-order valence-electron chi connectivity index (χ1n) is 7.91. The quantitative estimate of drug-likeness (QED) is 0.553. The van der Waals surface area contributed by atoms with Crippen LogP contribution in [0.2, 0.25) is 0 Å². The maximum atomic E-state index is 12.7. The van der Waals surface area contributed by atoms with Crippen LogP contribution in [0.25, 0.3) is 10.2 Å². The number of carboxylic acid groups (broad SMARTS) is 1. The number of carboxylic acids is 1. The molecule has 4 rings (SSSR count). The minimum absolute atomic E-state index is 0.155. The van der Waals surface area contributed by atoms with Gasteiger partial charge >= 0.3 is 5.97 Å². The zero-order valence-electron chi connectivity index (χ0n) is 13.7. The Morgan fingerprint density at radius 1 is 1.19 bits per heavy atom. The minimum Gasteiger partial charge on any atom is -0.477 e. The predicted octanol–water partition coefficient (Wildman–Crippen LogP) is 4.23. The Morgan fingerprint density at radius 3 is 2.62 bits per heavy atom. The third kappa shape index (κ3) is 2.75. The van der Waals surface area contributed by atoms with Crippen molar-refractivity contribution >= 4 is 38.9 Å². The van der Waals surface area contributed by atoms with Crippen LogP contribution >= 0.6 is 22.7 Å². The maximum Gasteiger partial charge on any atom is 0.346 e. The van der Waals surface area contributed by atoms with Crippen LogP contribution in [0.5, 0.6) is 0 Å². The van der Waals surface area contributed by atoms with Crippen LogP contribution in [0.4, 0.5) is 0 Å². The number of nitrogens with one attached hydrogen (secondary N) is 1. The molecule has 26 heavy (non-hydrogen) atoms. The second-order valence-electron chi connectivity index (χ2n) is 5.85. The molecule has 1 aromatic carbocycles. The van der Waals surface area contributed by atoms with Crippen LogP contribution in [0.15, 0.2) is 52.6 Å². The molecule has 130 valence electrons. The molecule has 0 spiro atoms. The summed E-state index contributed by atoms with van der Waals surface area (Å²) in [6.07, 6.45) is 0. The van der Waals surface area contributed by atoms with Gasteiger partial charge in [-0.25, -0.2) is 9.78 Å². The van der Waals surface area contributed by atoms with Crippen molar-refractivity contribution in [2.75, 3.05) is 0 Å². The van der Waals surface area contributed by atoms with Gasteiger partial charge in [0.15, 0.2) is 0 Å². The first-order chi connectivity index (χ1) is 12.6. The molecule has 4 aromatic rings. The number of aromatic carboxylic acids is 1. The molecule has 1 unspecified atom stereocenters. The zero-order chi connectivity index (χ0) is 18.3. The number of H-pyrrole nitrogens is 1. The lowest BCUT2D eigenvalue weighted by atomic mass is 9.96. The van der Waals surface area contributed by atoms with Crippen molar-refractivity contribution in [2.45, 2.75) is 12.8 Å². The summed E-state index contributed by atoms with van der Waals surface area (Å²) in [5, 5.41) is 11.7. The molecule has 0 aliphatic heterocycles. The fourth-order valence-electron chi connectivity index (χ4n) is 3.06. The Labute approximate surface area is 156 Å². The summed E-state index contributed by atoms with van der Waals surface area (Å²) < 4.78 is 0. The van der Waals surface area contributed by atoms with E-state index in [4.69, 9.17) is 0 Å².